The van der Waals surface area contributed by atoms with Crippen LogP contribution in [0.3, 0.4) is 0 Å². The number of likely N-dealkylation sites (tertiary alicyclic amines) is 1. The smallest absolute Gasteiger partial charge is 0.250 e. The number of aromatic nitrogens is 1. The van der Waals surface area contributed by atoms with Crippen LogP contribution in [-0.2, 0) is 26.3 Å². The molecule has 1 fully saturated rings. The molecule has 242 valence electrons. The number of fused-ring (bicyclic) bond motifs is 7. The second kappa shape index (κ2) is 11.6. The minimum Gasteiger partial charge on any atom is -0.507 e. The summed E-state index contributed by atoms with van der Waals surface area (Å²) in [5, 5.41) is 24.7. The first-order valence-electron chi connectivity index (χ1n) is 15.9. The van der Waals surface area contributed by atoms with E-state index in [0.29, 0.717) is 51.1 Å². The maximum Gasteiger partial charge on any atom is 0.250 e. The number of allylic oxidation sites excluding steroid dienone is 4. The molecule has 6 rings (SSSR count). The Bertz CT molecular complexity index is 1820. The number of pyridine rings is 1. The van der Waals surface area contributed by atoms with Crippen LogP contribution in [0.4, 0.5) is 0 Å². The predicted molar refractivity (Wildman–Crippen MR) is 168 cm³/mol. The first-order valence-corrected chi connectivity index (χ1v) is 15.9. The molecular weight excluding hydrogens is 590 g/mol. The molecule has 1 saturated heterocycles. The Morgan fingerprint density at radius 3 is 2.54 bits per heavy atom. The standard InChI is InChI=1S/C35H39N3O8/c1-18-31(43)29(20(3)39)33-30(32(18)44)35(4)25(46-33)14-24(40)28(34(35)45)19(2)36-12-7-5-6-10-26(41)37-15-21-13-22(17-37)23-9-8-11-27(42)38(23)16-21/h8-9,11,14,21-22,36,43-44H,5-7,10,12-13,15-17H2,1-4H3/b28-19+/t21-,22+,35+/m1/s1. The van der Waals surface area contributed by atoms with Crippen molar-refractivity contribution in [3.8, 4) is 17.2 Å². The molecule has 1 aromatic heterocycles. The number of piperidine rings is 1. The van der Waals surface area contributed by atoms with Gasteiger partial charge in [0.05, 0.1) is 11.1 Å². The quantitative estimate of drug-likeness (QED) is 0.172. The molecule has 3 atom stereocenters. The molecule has 4 heterocycles. The van der Waals surface area contributed by atoms with E-state index in [0.717, 1.165) is 18.5 Å². The number of carbonyl (C=O) groups excluding carboxylic acids is 4. The SMILES string of the molecule is CC(=O)c1c(O)c(C)c(O)c2c1OC1=CC(=O)/C(=C(/C)NCCCCCC(=O)N3C[C@H]4C[C@@H](C3)c3cccc(=O)n3C4)C(=O)[C@@]12C. The van der Waals surface area contributed by atoms with E-state index in [1.165, 1.54) is 26.8 Å². The van der Waals surface area contributed by atoms with Gasteiger partial charge in [0.25, 0.3) is 5.56 Å². The van der Waals surface area contributed by atoms with E-state index in [1.54, 1.807) is 19.1 Å². The highest BCUT2D eigenvalue weighted by Crippen LogP contribution is 2.57. The largest absolute Gasteiger partial charge is 0.507 e. The summed E-state index contributed by atoms with van der Waals surface area (Å²) in [4.78, 5) is 66.7. The third-order valence-electron chi connectivity index (χ3n) is 10.0. The molecular formula is C35H39N3O8. The molecule has 3 N–H and O–H groups in total. The number of carbonyl (C=O) groups is 4. The van der Waals surface area contributed by atoms with Crippen molar-refractivity contribution in [3.63, 3.8) is 0 Å². The van der Waals surface area contributed by atoms with Crippen LogP contribution in [0.15, 0.2) is 46.1 Å². The number of phenols is 2. The Balaban J connectivity index is 1.06. The lowest BCUT2D eigenvalue weighted by atomic mass is 9.70. The van der Waals surface area contributed by atoms with Gasteiger partial charge in [0, 0.05) is 67.6 Å². The minimum atomic E-state index is -1.56. The number of aromatic hydroxyl groups is 2. The van der Waals surface area contributed by atoms with Gasteiger partial charge >= 0.3 is 0 Å². The molecule has 1 amide bonds. The average Bonchev–Trinajstić information content (AvgIpc) is 3.30. The predicted octanol–water partition coefficient (Wildman–Crippen LogP) is 3.53. The first kappa shape index (κ1) is 31.3. The summed E-state index contributed by atoms with van der Waals surface area (Å²) >= 11 is 0. The molecule has 0 unspecified atom stereocenters. The minimum absolute atomic E-state index is 0.00281. The normalized spacial score (nSPS) is 24.0. The molecule has 4 aliphatic rings. The lowest BCUT2D eigenvalue weighted by Crippen LogP contribution is -2.49. The molecule has 1 aliphatic carbocycles. The summed E-state index contributed by atoms with van der Waals surface area (Å²) in [5.41, 5.74) is -0.235. The van der Waals surface area contributed by atoms with Gasteiger partial charge in [-0.15, -0.1) is 0 Å². The number of hydrogen-bond donors (Lipinski definition) is 3. The Kier molecular flexibility index (Phi) is 7.90. The molecule has 1 aromatic carbocycles. The molecule has 11 heteroatoms. The zero-order valence-electron chi connectivity index (χ0n) is 26.6. The maximum absolute atomic E-state index is 13.9. The van der Waals surface area contributed by atoms with Crippen molar-refractivity contribution >= 4 is 23.3 Å². The maximum atomic E-state index is 13.9. The zero-order valence-corrected chi connectivity index (χ0v) is 26.6. The number of benzene rings is 1. The monoisotopic (exact) mass is 629 g/mol. The fourth-order valence-electron chi connectivity index (χ4n) is 7.56. The lowest BCUT2D eigenvalue weighted by Gasteiger charge is -2.42. The van der Waals surface area contributed by atoms with Crippen LogP contribution >= 0.6 is 0 Å². The van der Waals surface area contributed by atoms with Crippen LogP contribution in [0.1, 0.15) is 86.0 Å². The fourth-order valence-corrected chi connectivity index (χ4v) is 7.56. The summed E-state index contributed by atoms with van der Waals surface area (Å²) < 4.78 is 7.67. The van der Waals surface area contributed by atoms with Crippen LogP contribution < -0.4 is 15.6 Å². The molecule has 0 radical (unpaired) electrons. The highest BCUT2D eigenvalue weighted by atomic mass is 16.5. The van der Waals surface area contributed by atoms with Crippen molar-refractivity contribution in [2.24, 2.45) is 5.92 Å². The Morgan fingerprint density at radius 2 is 1.80 bits per heavy atom. The van der Waals surface area contributed by atoms with Gasteiger partial charge in [-0.05, 0) is 58.9 Å². The van der Waals surface area contributed by atoms with Crippen LogP contribution in [0.25, 0.3) is 0 Å². The number of rotatable bonds is 8. The number of amides is 1. The third-order valence-corrected chi connectivity index (χ3v) is 10.0. The van der Waals surface area contributed by atoms with Crippen molar-refractivity contribution in [1.29, 1.82) is 0 Å². The topological polar surface area (TPSA) is 155 Å². The summed E-state index contributed by atoms with van der Waals surface area (Å²) in [6.45, 7) is 8.32. The van der Waals surface area contributed by atoms with E-state index >= 15 is 0 Å². The number of nitrogens with zero attached hydrogens (tertiary/aromatic N) is 2. The summed E-state index contributed by atoms with van der Waals surface area (Å²) in [5.74, 6) is -1.94. The van der Waals surface area contributed by atoms with Crippen LogP contribution in [0.2, 0.25) is 0 Å². The fraction of sp³-hybridized carbons (Fsp3) is 0.457. The van der Waals surface area contributed by atoms with Crippen molar-refractivity contribution in [2.45, 2.75) is 77.7 Å². The van der Waals surface area contributed by atoms with E-state index in [-0.39, 0.29) is 62.8 Å². The Labute approximate surface area is 266 Å². The van der Waals surface area contributed by atoms with Gasteiger partial charge in [0.1, 0.15) is 34.0 Å². The highest BCUT2D eigenvalue weighted by molar-refractivity contribution is 6.31. The van der Waals surface area contributed by atoms with Crippen molar-refractivity contribution in [2.75, 3.05) is 19.6 Å². The molecule has 0 saturated carbocycles. The number of nitrogens with one attached hydrogen (secondary N) is 1. The number of ketones is 3. The van der Waals surface area contributed by atoms with Gasteiger partial charge in [-0.2, -0.15) is 0 Å². The number of unbranched alkanes of at least 4 members (excludes halogenated alkanes) is 2. The first-order chi connectivity index (χ1) is 21.8. The van der Waals surface area contributed by atoms with E-state index in [9.17, 15) is 34.2 Å². The Morgan fingerprint density at radius 1 is 1.04 bits per heavy atom. The molecule has 3 aliphatic heterocycles. The number of phenolic OH excluding ortho intramolecular Hbond substituents is 2. The second-order valence-corrected chi connectivity index (χ2v) is 13.1. The Hall–Kier alpha value is -4.67. The molecule has 46 heavy (non-hydrogen) atoms. The highest BCUT2D eigenvalue weighted by Gasteiger charge is 2.56. The molecule has 2 bridgehead atoms. The zero-order chi connectivity index (χ0) is 33.1. The molecule has 11 nitrogen and oxygen atoms in total. The third kappa shape index (κ3) is 4.92. The van der Waals surface area contributed by atoms with Crippen LogP contribution in [-0.4, -0.2) is 62.6 Å². The number of hydrogen-bond acceptors (Lipinski definition) is 9. The van der Waals surface area contributed by atoms with Gasteiger partial charge in [0.2, 0.25) is 5.91 Å². The van der Waals surface area contributed by atoms with Crippen LogP contribution in [0.5, 0.6) is 17.2 Å². The van der Waals surface area contributed by atoms with Gasteiger partial charge in [-0.3, -0.25) is 24.0 Å². The lowest BCUT2D eigenvalue weighted by molar-refractivity contribution is -0.134. The summed E-state index contributed by atoms with van der Waals surface area (Å²) in [6.07, 6.45) is 4.83. The van der Waals surface area contributed by atoms with Crippen molar-refractivity contribution < 1.29 is 34.1 Å². The molecule has 0 spiro atoms. The van der Waals surface area contributed by atoms with Gasteiger partial charge in [-0.25, -0.2) is 0 Å². The van der Waals surface area contributed by atoms with E-state index in [4.69, 9.17) is 4.74 Å². The summed E-state index contributed by atoms with van der Waals surface area (Å²) in [7, 11) is 0. The van der Waals surface area contributed by atoms with Crippen LogP contribution in [0, 0.1) is 12.8 Å². The van der Waals surface area contributed by atoms with E-state index in [1.807, 2.05) is 15.5 Å². The second-order valence-electron chi connectivity index (χ2n) is 13.1. The number of Topliss-reactive ketones (excluding diaryl/α,β-unsaturated/α-hetero) is 2. The summed E-state index contributed by atoms with van der Waals surface area (Å²) in [6, 6.07) is 5.37. The van der Waals surface area contributed by atoms with E-state index < -0.39 is 28.5 Å². The number of ether oxygens (including phenoxy) is 1. The van der Waals surface area contributed by atoms with Crippen molar-refractivity contribution in [1.82, 2.24) is 14.8 Å². The van der Waals surface area contributed by atoms with E-state index in [2.05, 4.69) is 5.32 Å². The average molecular weight is 630 g/mol. The molecule has 2 aromatic rings. The van der Waals surface area contributed by atoms with Gasteiger partial charge < -0.3 is 29.7 Å². The van der Waals surface area contributed by atoms with Gasteiger partial charge in [0.15, 0.2) is 17.3 Å². The van der Waals surface area contributed by atoms with Gasteiger partial charge in [-0.1, -0.05) is 12.5 Å². The van der Waals surface area contributed by atoms with Crippen molar-refractivity contribution in [3.05, 3.63) is 74.0 Å².